The van der Waals surface area contributed by atoms with E-state index in [-0.39, 0.29) is 5.41 Å². The summed E-state index contributed by atoms with van der Waals surface area (Å²) < 4.78 is 12.1. The first-order valence-electron chi connectivity index (χ1n) is 18.2. The fraction of sp³-hybridized carbons (Fsp3) is 0.452. The molecular formula is C42H64N6O3. The molecule has 1 fully saturated rings. The standard InChI is InChI=1S/C39H53N5O3.C2H6.CH5N/c1-10-14-36(44-22-21-40-29(11-2)25-44)34-24-30(19-20-41-34)47-37-18-17-33(31-15-12-13-16-32(31)37)42-28(5)43-35(38(46-9)27(4)45)23-26(3)39(6,7)8;2*1-2/h12-20,23-24,27,29,40,42-43,45H,5,10-11,21-22,25H2,1-4,6-9H3;1-2H3;2H2,1H3/b26-23+,36-14?,38-35-;;. The third-order valence-electron chi connectivity index (χ3n) is 8.57. The first-order valence-corrected chi connectivity index (χ1v) is 18.2. The summed E-state index contributed by atoms with van der Waals surface area (Å²) in [6.45, 7) is 25.7. The maximum atomic E-state index is 10.4. The van der Waals surface area contributed by atoms with Crippen molar-refractivity contribution in [2.24, 2.45) is 11.1 Å². The van der Waals surface area contributed by atoms with Gasteiger partial charge in [-0.2, -0.15) is 0 Å². The number of ether oxygens (including phenoxy) is 2. The highest BCUT2D eigenvalue weighted by Gasteiger charge is 2.22. The van der Waals surface area contributed by atoms with Crippen LogP contribution < -0.4 is 26.4 Å². The predicted octanol–water partition coefficient (Wildman–Crippen LogP) is 8.77. The zero-order valence-corrected chi connectivity index (χ0v) is 33.0. The molecule has 0 aliphatic carbocycles. The molecule has 0 amide bonds. The van der Waals surface area contributed by atoms with E-state index in [0.717, 1.165) is 77.4 Å². The molecule has 4 rings (SSSR count). The van der Waals surface area contributed by atoms with Crippen LogP contribution in [0.5, 0.6) is 11.5 Å². The lowest BCUT2D eigenvalue weighted by Crippen LogP contribution is -2.49. The van der Waals surface area contributed by atoms with Gasteiger partial charge in [0.05, 0.1) is 24.2 Å². The Balaban J connectivity index is 0.00000217. The van der Waals surface area contributed by atoms with Gasteiger partial charge >= 0.3 is 0 Å². The number of nitrogens with zero attached hydrogens (tertiary/aromatic N) is 2. The van der Waals surface area contributed by atoms with Gasteiger partial charge in [0, 0.05) is 54.4 Å². The number of nitrogens with one attached hydrogen (secondary N) is 3. The SMILES string of the molecule is C=C(NC(/C=C(\C)C(C)(C)C)=C(\OC)C(C)O)Nc1ccc(Oc2ccnc(C(=CCC)N3CCNC(CC)C3)c2)c2ccccc12.CC.CN. The number of rotatable bonds is 13. The fourth-order valence-electron chi connectivity index (χ4n) is 5.58. The van der Waals surface area contributed by atoms with Crippen LogP contribution in [0.25, 0.3) is 16.5 Å². The second kappa shape index (κ2) is 21.1. The summed E-state index contributed by atoms with van der Waals surface area (Å²) in [5.41, 5.74) is 9.15. The molecule has 6 N–H and O–H groups in total. The molecule has 51 heavy (non-hydrogen) atoms. The molecule has 2 heterocycles. The number of benzene rings is 2. The minimum absolute atomic E-state index is 0.0577. The highest BCUT2D eigenvalue weighted by atomic mass is 16.5. The summed E-state index contributed by atoms with van der Waals surface area (Å²) in [4.78, 5) is 7.19. The predicted molar refractivity (Wildman–Crippen MR) is 216 cm³/mol. The number of anilines is 1. The molecule has 1 aromatic heterocycles. The van der Waals surface area contributed by atoms with Crippen molar-refractivity contribution in [3.8, 4) is 11.5 Å². The Morgan fingerprint density at radius 2 is 1.82 bits per heavy atom. The molecular weight excluding hydrogens is 637 g/mol. The Kier molecular flexibility index (Phi) is 17.8. The summed E-state index contributed by atoms with van der Waals surface area (Å²) in [6.07, 6.45) is 7.31. The maximum Gasteiger partial charge on any atom is 0.147 e. The van der Waals surface area contributed by atoms with E-state index in [0.29, 0.717) is 23.3 Å². The van der Waals surface area contributed by atoms with Crippen LogP contribution in [0.2, 0.25) is 0 Å². The van der Waals surface area contributed by atoms with Crippen LogP contribution in [0, 0.1) is 5.41 Å². The van der Waals surface area contributed by atoms with Crippen molar-refractivity contribution in [1.82, 2.24) is 20.5 Å². The average Bonchev–Trinajstić information content (AvgIpc) is 3.13. The Bertz CT molecular complexity index is 1640. The summed E-state index contributed by atoms with van der Waals surface area (Å²) in [6, 6.07) is 16.5. The minimum atomic E-state index is -0.802. The van der Waals surface area contributed by atoms with Crippen molar-refractivity contribution in [3.63, 3.8) is 0 Å². The van der Waals surface area contributed by atoms with Gasteiger partial charge in [-0.25, -0.2) is 0 Å². The van der Waals surface area contributed by atoms with Gasteiger partial charge in [-0.1, -0.05) is 91.0 Å². The zero-order valence-electron chi connectivity index (χ0n) is 33.0. The molecule has 0 spiro atoms. The molecule has 1 aliphatic heterocycles. The van der Waals surface area contributed by atoms with Crippen LogP contribution >= 0.6 is 0 Å². The number of allylic oxidation sites excluding steroid dienone is 3. The third-order valence-corrected chi connectivity index (χ3v) is 8.57. The van der Waals surface area contributed by atoms with Crippen LogP contribution in [-0.4, -0.2) is 60.9 Å². The lowest BCUT2D eigenvalue weighted by atomic mass is 9.87. The zero-order chi connectivity index (χ0) is 38.1. The molecule has 280 valence electrons. The van der Waals surface area contributed by atoms with Gasteiger partial charge in [0.2, 0.25) is 0 Å². The lowest BCUT2D eigenvalue weighted by molar-refractivity contribution is 0.138. The molecule has 9 heteroatoms. The van der Waals surface area contributed by atoms with Gasteiger partial charge in [0.25, 0.3) is 0 Å². The van der Waals surface area contributed by atoms with Crippen molar-refractivity contribution < 1.29 is 14.6 Å². The number of methoxy groups -OCH3 is 1. The van der Waals surface area contributed by atoms with Crippen LogP contribution in [-0.2, 0) is 4.74 Å². The number of nitrogens with two attached hydrogens (primary N) is 1. The van der Waals surface area contributed by atoms with Crippen molar-refractivity contribution in [1.29, 1.82) is 0 Å². The molecule has 1 saturated heterocycles. The number of aromatic nitrogens is 1. The molecule has 2 aromatic carbocycles. The van der Waals surface area contributed by atoms with Crippen LogP contribution in [0.3, 0.4) is 0 Å². The molecule has 1 aliphatic rings. The lowest BCUT2D eigenvalue weighted by Gasteiger charge is -2.36. The maximum absolute atomic E-state index is 10.4. The van der Waals surface area contributed by atoms with Gasteiger partial charge in [0.15, 0.2) is 0 Å². The third kappa shape index (κ3) is 12.2. The number of aliphatic hydroxyl groups excluding tert-OH is 1. The van der Waals surface area contributed by atoms with Crippen LogP contribution in [0.4, 0.5) is 5.69 Å². The van der Waals surface area contributed by atoms with Crippen LogP contribution in [0.1, 0.15) is 80.8 Å². The highest BCUT2D eigenvalue weighted by molar-refractivity contribution is 5.98. The quantitative estimate of drug-likeness (QED) is 0.0881. The van der Waals surface area contributed by atoms with E-state index in [4.69, 9.17) is 14.5 Å². The second-order valence-corrected chi connectivity index (χ2v) is 13.1. The Hall–Kier alpha value is -4.31. The summed E-state index contributed by atoms with van der Waals surface area (Å²) in [5.74, 6) is 2.45. The summed E-state index contributed by atoms with van der Waals surface area (Å²) in [7, 11) is 3.06. The van der Waals surface area contributed by atoms with E-state index in [9.17, 15) is 5.11 Å². The molecule has 2 atom stereocenters. The van der Waals surface area contributed by atoms with Gasteiger partial charge in [-0.15, -0.1) is 0 Å². The van der Waals surface area contributed by atoms with E-state index in [1.54, 1.807) is 14.0 Å². The molecule has 0 bridgehead atoms. The topological polar surface area (TPSA) is 117 Å². The molecule has 0 saturated carbocycles. The fourth-order valence-corrected chi connectivity index (χ4v) is 5.58. The number of aliphatic hydroxyl groups is 1. The van der Waals surface area contributed by atoms with E-state index < -0.39 is 6.10 Å². The first-order chi connectivity index (χ1) is 24.4. The Labute approximate surface area is 307 Å². The Morgan fingerprint density at radius 1 is 1.14 bits per heavy atom. The smallest absolute Gasteiger partial charge is 0.147 e. The average molecular weight is 701 g/mol. The number of hydrogen-bond acceptors (Lipinski definition) is 9. The number of piperazine rings is 1. The minimum Gasteiger partial charge on any atom is -0.496 e. The number of pyridine rings is 1. The van der Waals surface area contributed by atoms with E-state index in [1.807, 2.05) is 62.5 Å². The highest BCUT2D eigenvalue weighted by Crippen LogP contribution is 2.36. The van der Waals surface area contributed by atoms with Gasteiger partial charge < -0.3 is 41.2 Å². The molecule has 9 nitrogen and oxygen atoms in total. The second-order valence-electron chi connectivity index (χ2n) is 13.1. The summed E-state index contributed by atoms with van der Waals surface area (Å²) >= 11 is 0. The number of hydrogen-bond donors (Lipinski definition) is 5. The van der Waals surface area contributed by atoms with Gasteiger partial charge in [-0.3, -0.25) is 4.98 Å². The van der Waals surface area contributed by atoms with Crippen molar-refractivity contribution in [2.45, 2.75) is 87.3 Å². The van der Waals surface area contributed by atoms with Gasteiger partial charge in [0.1, 0.15) is 29.2 Å². The van der Waals surface area contributed by atoms with Crippen molar-refractivity contribution in [2.75, 3.05) is 39.1 Å². The molecule has 2 unspecified atom stereocenters. The monoisotopic (exact) mass is 701 g/mol. The number of fused-ring (bicyclic) bond motifs is 1. The normalized spacial score (nSPS) is 16.1. The molecule has 3 aromatic rings. The first kappa shape index (κ1) is 42.9. The van der Waals surface area contributed by atoms with Gasteiger partial charge in [-0.05, 0) is 63.4 Å². The van der Waals surface area contributed by atoms with E-state index >= 15 is 0 Å². The van der Waals surface area contributed by atoms with Crippen LogP contribution in [0.15, 0.2) is 96.3 Å². The van der Waals surface area contributed by atoms with Crippen molar-refractivity contribution in [3.05, 3.63) is 102 Å². The van der Waals surface area contributed by atoms with Crippen molar-refractivity contribution >= 4 is 22.2 Å². The largest absolute Gasteiger partial charge is 0.496 e. The Morgan fingerprint density at radius 3 is 2.43 bits per heavy atom. The van der Waals surface area contributed by atoms with E-state index in [2.05, 4.69) is 92.9 Å². The van der Waals surface area contributed by atoms with E-state index in [1.165, 1.54) is 7.05 Å². The molecule has 0 radical (unpaired) electrons. The summed E-state index contributed by atoms with van der Waals surface area (Å²) in [5, 5.41) is 22.7.